The average Bonchev–Trinajstić information content (AvgIpc) is 2.52. The van der Waals surface area contributed by atoms with Crippen molar-refractivity contribution in [1.29, 1.82) is 0 Å². The van der Waals surface area contributed by atoms with Crippen LogP contribution in [0.5, 0.6) is 5.75 Å². The number of ether oxygens (including phenoxy) is 2. The minimum Gasteiger partial charge on any atom is -0.489 e. The van der Waals surface area contributed by atoms with Gasteiger partial charge in [0.2, 0.25) is 0 Å². The lowest BCUT2D eigenvalue weighted by molar-refractivity contribution is 0.0505. The van der Waals surface area contributed by atoms with Gasteiger partial charge in [0.25, 0.3) is 0 Å². The molecule has 0 unspecified atom stereocenters. The van der Waals surface area contributed by atoms with Crippen LogP contribution < -0.4 is 4.74 Å². The van der Waals surface area contributed by atoms with Gasteiger partial charge in [-0.25, -0.2) is 4.79 Å². The van der Waals surface area contributed by atoms with Crippen molar-refractivity contribution >= 4 is 5.97 Å². The number of esters is 1. The predicted octanol–water partition coefficient (Wildman–Crippen LogP) is 3.83. The van der Waals surface area contributed by atoms with E-state index in [1.54, 1.807) is 24.3 Å². The van der Waals surface area contributed by atoms with Crippen LogP contribution in [0.3, 0.4) is 0 Å². The van der Waals surface area contributed by atoms with Gasteiger partial charge in [-0.2, -0.15) is 0 Å². The van der Waals surface area contributed by atoms with Crippen molar-refractivity contribution in [1.82, 2.24) is 0 Å². The van der Waals surface area contributed by atoms with Crippen molar-refractivity contribution in [3.63, 3.8) is 0 Å². The summed E-state index contributed by atoms with van der Waals surface area (Å²) >= 11 is 0. The average molecular weight is 270 g/mol. The number of hydrogen-bond donors (Lipinski definition) is 0. The van der Waals surface area contributed by atoms with Crippen LogP contribution in [0, 0.1) is 0 Å². The first-order valence-electron chi connectivity index (χ1n) is 6.73. The van der Waals surface area contributed by atoms with E-state index >= 15 is 0 Å². The van der Waals surface area contributed by atoms with Crippen molar-refractivity contribution < 1.29 is 14.3 Å². The number of carbonyl (C=O) groups is 1. The molecule has 104 valence electrons. The largest absolute Gasteiger partial charge is 0.489 e. The lowest BCUT2D eigenvalue weighted by Gasteiger charge is -2.07. The summed E-state index contributed by atoms with van der Waals surface area (Å²) in [6.07, 6.45) is 0.823. The molecule has 0 heterocycles. The van der Waals surface area contributed by atoms with Gasteiger partial charge in [0.1, 0.15) is 12.4 Å². The summed E-state index contributed by atoms with van der Waals surface area (Å²) in [5, 5.41) is 0. The molecule has 0 aliphatic carbocycles. The Balaban J connectivity index is 1.90. The highest BCUT2D eigenvalue weighted by molar-refractivity contribution is 5.89. The van der Waals surface area contributed by atoms with E-state index in [2.05, 4.69) is 0 Å². The quantitative estimate of drug-likeness (QED) is 0.748. The Morgan fingerprint density at radius 3 is 2.35 bits per heavy atom. The Kier molecular flexibility index (Phi) is 5.18. The van der Waals surface area contributed by atoms with E-state index in [1.165, 1.54) is 0 Å². The highest BCUT2D eigenvalue weighted by atomic mass is 16.5. The molecule has 0 aliphatic heterocycles. The molecule has 0 N–H and O–H groups in total. The molecule has 0 fully saturated rings. The van der Waals surface area contributed by atoms with Crippen molar-refractivity contribution in [3.05, 3.63) is 65.7 Å². The summed E-state index contributed by atoms with van der Waals surface area (Å²) in [4.78, 5) is 11.6. The molecular weight excluding hydrogens is 252 g/mol. The second kappa shape index (κ2) is 7.34. The number of carbonyl (C=O) groups excluding carboxylic acids is 1. The van der Waals surface area contributed by atoms with Gasteiger partial charge in [0.15, 0.2) is 0 Å². The minimum absolute atomic E-state index is 0.290. The third-order valence-corrected chi connectivity index (χ3v) is 2.78. The fraction of sp³-hybridized carbons (Fsp3) is 0.235. The maximum absolute atomic E-state index is 11.6. The topological polar surface area (TPSA) is 35.5 Å². The molecule has 2 rings (SSSR count). The van der Waals surface area contributed by atoms with Crippen molar-refractivity contribution in [2.45, 2.75) is 20.0 Å². The normalized spacial score (nSPS) is 10.1. The van der Waals surface area contributed by atoms with Crippen LogP contribution in [0.2, 0.25) is 0 Å². The zero-order valence-electron chi connectivity index (χ0n) is 11.5. The summed E-state index contributed by atoms with van der Waals surface area (Å²) < 4.78 is 10.7. The van der Waals surface area contributed by atoms with Crippen LogP contribution >= 0.6 is 0 Å². The second-order valence-electron chi connectivity index (χ2n) is 4.43. The van der Waals surface area contributed by atoms with Gasteiger partial charge in [-0.1, -0.05) is 37.3 Å². The molecule has 0 saturated heterocycles. The first-order chi connectivity index (χ1) is 9.79. The van der Waals surface area contributed by atoms with Gasteiger partial charge in [-0.3, -0.25) is 0 Å². The Morgan fingerprint density at radius 2 is 1.70 bits per heavy atom. The highest BCUT2D eigenvalue weighted by Gasteiger charge is 2.06. The summed E-state index contributed by atoms with van der Waals surface area (Å²) in [7, 11) is 0. The second-order valence-corrected chi connectivity index (χ2v) is 4.43. The third-order valence-electron chi connectivity index (χ3n) is 2.78. The fourth-order valence-electron chi connectivity index (χ4n) is 1.71. The van der Waals surface area contributed by atoms with Crippen LogP contribution in [0.15, 0.2) is 54.6 Å². The molecule has 2 aromatic carbocycles. The van der Waals surface area contributed by atoms with E-state index in [0.717, 1.165) is 17.7 Å². The zero-order chi connectivity index (χ0) is 14.2. The first-order valence-corrected chi connectivity index (χ1v) is 6.73. The van der Waals surface area contributed by atoms with Gasteiger partial charge < -0.3 is 9.47 Å². The molecule has 0 saturated carbocycles. The van der Waals surface area contributed by atoms with Crippen LogP contribution in [0.1, 0.15) is 29.3 Å². The monoisotopic (exact) mass is 270 g/mol. The smallest absolute Gasteiger partial charge is 0.338 e. The summed E-state index contributed by atoms with van der Waals surface area (Å²) in [5.74, 6) is 0.447. The number of benzene rings is 2. The van der Waals surface area contributed by atoms with Gasteiger partial charge >= 0.3 is 5.97 Å². The SMILES string of the molecule is CCCOC(=O)c1ccc(OCc2ccccc2)cc1. The molecule has 0 radical (unpaired) electrons. The Hall–Kier alpha value is -2.29. The molecule has 0 spiro atoms. The molecule has 0 aromatic heterocycles. The lowest BCUT2D eigenvalue weighted by Crippen LogP contribution is -2.05. The summed E-state index contributed by atoms with van der Waals surface area (Å²) in [5.41, 5.74) is 1.66. The van der Waals surface area contributed by atoms with Crippen LogP contribution in [0.25, 0.3) is 0 Å². The van der Waals surface area contributed by atoms with Crippen molar-refractivity contribution in [2.75, 3.05) is 6.61 Å². The van der Waals surface area contributed by atoms with E-state index in [-0.39, 0.29) is 5.97 Å². The molecular formula is C17H18O3. The van der Waals surface area contributed by atoms with Crippen molar-refractivity contribution in [3.8, 4) is 5.75 Å². The lowest BCUT2D eigenvalue weighted by atomic mass is 10.2. The first kappa shape index (κ1) is 14.1. The van der Waals surface area contributed by atoms with Crippen LogP contribution in [-0.4, -0.2) is 12.6 Å². The third kappa shape index (κ3) is 4.12. The van der Waals surface area contributed by atoms with Gasteiger partial charge in [-0.05, 0) is 36.2 Å². The van der Waals surface area contributed by atoms with E-state index in [9.17, 15) is 4.79 Å². The summed E-state index contributed by atoms with van der Waals surface area (Å²) in [6, 6.07) is 17.0. The molecule has 3 heteroatoms. The van der Waals surface area contributed by atoms with Gasteiger partial charge in [0, 0.05) is 0 Å². The van der Waals surface area contributed by atoms with Crippen molar-refractivity contribution in [2.24, 2.45) is 0 Å². The Bertz CT molecular complexity index is 532. The van der Waals surface area contributed by atoms with E-state index in [0.29, 0.717) is 18.8 Å². The summed E-state index contributed by atoms with van der Waals surface area (Å²) in [6.45, 7) is 2.93. The Labute approximate surface area is 119 Å². The minimum atomic E-state index is -0.290. The predicted molar refractivity (Wildman–Crippen MR) is 77.8 cm³/mol. The van der Waals surface area contributed by atoms with E-state index < -0.39 is 0 Å². The van der Waals surface area contributed by atoms with Crippen LogP contribution in [-0.2, 0) is 11.3 Å². The molecule has 20 heavy (non-hydrogen) atoms. The van der Waals surface area contributed by atoms with Gasteiger partial charge in [-0.15, -0.1) is 0 Å². The molecule has 2 aromatic rings. The zero-order valence-corrected chi connectivity index (χ0v) is 11.5. The molecule has 0 amide bonds. The molecule has 0 bridgehead atoms. The molecule has 0 aliphatic rings. The van der Waals surface area contributed by atoms with E-state index in [4.69, 9.17) is 9.47 Å². The van der Waals surface area contributed by atoms with E-state index in [1.807, 2.05) is 37.3 Å². The van der Waals surface area contributed by atoms with Gasteiger partial charge in [0.05, 0.1) is 12.2 Å². The Morgan fingerprint density at radius 1 is 1.00 bits per heavy atom. The highest BCUT2D eigenvalue weighted by Crippen LogP contribution is 2.15. The fourth-order valence-corrected chi connectivity index (χ4v) is 1.71. The molecule has 3 nitrogen and oxygen atoms in total. The molecule has 0 atom stereocenters. The number of rotatable bonds is 6. The maximum atomic E-state index is 11.6. The number of hydrogen-bond acceptors (Lipinski definition) is 3. The maximum Gasteiger partial charge on any atom is 0.338 e. The van der Waals surface area contributed by atoms with Crippen LogP contribution in [0.4, 0.5) is 0 Å². The standard InChI is InChI=1S/C17H18O3/c1-2-12-19-17(18)15-8-10-16(11-9-15)20-13-14-6-4-3-5-7-14/h3-11H,2,12-13H2,1H3.